The molecule has 5 aliphatic carbocycles. The molecule has 0 aromatic heterocycles. The summed E-state index contributed by atoms with van der Waals surface area (Å²) in [7, 11) is 0. The summed E-state index contributed by atoms with van der Waals surface area (Å²) in [5.74, 6) is 3.23. The number of carboxylic acids is 1. The van der Waals surface area contributed by atoms with Gasteiger partial charge in [0.25, 0.3) is 0 Å². The number of carbonyl (C=O) groups is 2. The van der Waals surface area contributed by atoms with Gasteiger partial charge < -0.3 is 15.7 Å². The molecule has 5 aliphatic rings. The fraction of sp³-hybridized carbons (Fsp3) is 0.660. The lowest BCUT2D eigenvalue weighted by molar-refractivity contribution is -0.165. The molecule has 0 aliphatic heterocycles. The van der Waals surface area contributed by atoms with Crippen molar-refractivity contribution in [1.29, 1.82) is 0 Å². The van der Waals surface area contributed by atoms with E-state index in [1.54, 1.807) is 18.2 Å². The molecular formula is C53H83N3O3. The Bertz CT molecular complexity index is 1660. The maximum absolute atomic E-state index is 13.7. The number of nitrogens with one attached hydrogen (secondary N) is 2. The second-order valence-electron chi connectivity index (χ2n) is 18.5. The normalized spacial score (nSPS) is 31.9. The first-order valence-corrected chi connectivity index (χ1v) is 23.8. The Morgan fingerprint density at radius 1 is 0.881 bits per heavy atom. The molecule has 4 fully saturated rings. The largest absolute Gasteiger partial charge is 0.478 e. The maximum Gasteiger partial charge on any atom is 0.335 e. The fourth-order valence-corrected chi connectivity index (χ4v) is 13.4. The molecule has 4 saturated carbocycles. The first-order chi connectivity index (χ1) is 28.4. The molecule has 0 heterocycles. The number of fused-ring (bicyclic) bond motifs is 7. The predicted molar refractivity (Wildman–Crippen MR) is 249 cm³/mol. The van der Waals surface area contributed by atoms with E-state index in [1.807, 2.05) is 46.8 Å². The van der Waals surface area contributed by atoms with Gasteiger partial charge in [0.1, 0.15) is 0 Å². The van der Waals surface area contributed by atoms with Gasteiger partial charge in [0.2, 0.25) is 5.91 Å². The van der Waals surface area contributed by atoms with Crippen LogP contribution in [0.2, 0.25) is 0 Å². The third-order valence-corrected chi connectivity index (χ3v) is 15.8. The minimum atomic E-state index is -0.863. The highest BCUT2D eigenvalue weighted by atomic mass is 16.4. The van der Waals surface area contributed by atoms with E-state index in [9.17, 15) is 14.7 Å². The summed E-state index contributed by atoms with van der Waals surface area (Å²) >= 11 is 0. The number of likely N-dealkylation sites (N-methyl/N-ethyl adjacent to an activating group) is 1. The van der Waals surface area contributed by atoms with Gasteiger partial charge in [0, 0.05) is 24.7 Å². The number of hydrogen-bond acceptors (Lipinski definition) is 4. The standard InChI is InChI=1S/C46H65N3O3.C3H6.2C2H6/c1-6-35(49(7-2)30-32-12-9-8-10-13-32)28-47-29-42(50)48-46-24-11-14-40(46)37-19-20-41-44(4)25-21-36(33-15-17-34(18-16-33)43(51)52)31(3)38(44)22-26-45(41,5)39(37)23-27-46;1-3-2;2*1-2/h8-10,12-13,15-18,21,31,35,37-41,47H,6-7,11,14,19-20,22-30H2,1-5H3,(H,48,50)(H,51,52);3H,1H2,2H3;2*1-2H3/t31?,35-,37+,38?,39?,40-,41?,44+,45+,46+;;;/m1.../s1. The smallest absolute Gasteiger partial charge is 0.335 e. The van der Waals surface area contributed by atoms with Gasteiger partial charge in [-0.25, -0.2) is 4.79 Å². The number of carbonyl (C=O) groups excluding carboxylic acids is 1. The third-order valence-electron chi connectivity index (χ3n) is 15.8. The zero-order valence-corrected chi connectivity index (χ0v) is 38.9. The zero-order valence-electron chi connectivity index (χ0n) is 38.9. The number of carboxylic acid groups (broad SMARTS) is 1. The summed E-state index contributed by atoms with van der Waals surface area (Å²) in [6.07, 6.45) is 17.7. The van der Waals surface area contributed by atoms with Gasteiger partial charge in [-0.1, -0.05) is 123 Å². The van der Waals surface area contributed by atoms with Crippen molar-refractivity contribution < 1.29 is 14.7 Å². The molecule has 4 unspecified atom stereocenters. The molecule has 6 heteroatoms. The van der Waals surface area contributed by atoms with Crippen molar-refractivity contribution in [3.8, 4) is 0 Å². The van der Waals surface area contributed by atoms with Crippen LogP contribution in [0.1, 0.15) is 161 Å². The highest BCUT2D eigenvalue weighted by Gasteiger charge is 2.64. The van der Waals surface area contributed by atoms with Crippen molar-refractivity contribution in [1.82, 2.24) is 15.5 Å². The number of hydrogen-bond donors (Lipinski definition) is 3. The van der Waals surface area contributed by atoms with Gasteiger partial charge in [-0.3, -0.25) is 9.69 Å². The number of rotatable bonds is 12. The Hall–Kier alpha value is -3.22. The lowest BCUT2D eigenvalue weighted by Gasteiger charge is -2.67. The van der Waals surface area contributed by atoms with Crippen LogP contribution in [0, 0.1) is 46.3 Å². The van der Waals surface area contributed by atoms with E-state index in [2.05, 4.69) is 93.1 Å². The van der Waals surface area contributed by atoms with Crippen LogP contribution in [-0.4, -0.2) is 53.1 Å². The minimum Gasteiger partial charge on any atom is -0.478 e. The van der Waals surface area contributed by atoms with E-state index >= 15 is 0 Å². The molecule has 3 N–H and O–H groups in total. The second kappa shape index (κ2) is 22.0. The van der Waals surface area contributed by atoms with Crippen LogP contribution in [0.3, 0.4) is 0 Å². The SMILES string of the molecule is C=CC.CC.CC.CC[C@H](CNCC(=O)N[C@]12CCC[C@@H]1[C@H]1CCC3[C@@]4(C)CC=C(c5ccc(C(=O)O)cc5)C(C)C4CC[C@@]3(C)C1CC2)N(CC)Cc1ccccc1. The van der Waals surface area contributed by atoms with Crippen molar-refractivity contribution in [3.05, 3.63) is 90.0 Å². The molecule has 328 valence electrons. The number of nitrogens with zero attached hydrogens (tertiary/aromatic N) is 1. The molecule has 0 spiro atoms. The van der Waals surface area contributed by atoms with Crippen LogP contribution >= 0.6 is 0 Å². The van der Waals surface area contributed by atoms with Crippen LogP contribution in [-0.2, 0) is 11.3 Å². The Labute approximate surface area is 360 Å². The Kier molecular flexibility index (Phi) is 18.1. The van der Waals surface area contributed by atoms with Gasteiger partial charge in [-0.05, 0) is 153 Å². The first-order valence-electron chi connectivity index (χ1n) is 23.8. The van der Waals surface area contributed by atoms with E-state index in [4.69, 9.17) is 0 Å². The first kappa shape index (κ1) is 48.4. The fourth-order valence-electron chi connectivity index (χ4n) is 13.4. The topological polar surface area (TPSA) is 81.7 Å². The summed E-state index contributed by atoms with van der Waals surface area (Å²) in [6.45, 7) is 28.7. The molecule has 2 aromatic carbocycles. The molecule has 59 heavy (non-hydrogen) atoms. The number of aromatic carboxylic acids is 1. The lowest BCUT2D eigenvalue weighted by Crippen LogP contribution is -2.64. The van der Waals surface area contributed by atoms with Gasteiger partial charge >= 0.3 is 5.97 Å². The molecule has 10 atom stereocenters. The van der Waals surface area contributed by atoms with E-state index in [1.165, 1.54) is 61.6 Å². The van der Waals surface area contributed by atoms with Crippen LogP contribution in [0.4, 0.5) is 0 Å². The molecule has 0 saturated heterocycles. The quantitative estimate of drug-likeness (QED) is 0.186. The van der Waals surface area contributed by atoms with Crippen LogP contribution in [0.5, 0.6) is 0 Å². The molecule has 6 nitrogen and oxygen atoms in total. The maximum atomic E-state index is 13.7. The van der Waals surface area contributed by atoms with Crippen molar-refractivity contribution in [2.24, 2.45) is 46.3 Å². The molecular weight excluding hydrogens is 727 g/mol. The molecule has 0 radical (unpaired) electrons. The molecule has 7 rings (SSSR count). The number of benzene rings is 2. The minimum absolute atomic E-state index is 0.0235. The van der Waals surface area contributed by atoms with E-state index in [0.717, 1.165) is 57.2 Å². The Balaban J connectivity index is 0.00000104. The van der Waals surface area contributed by atoms with Gasteiger partial charge in [0.05, 0.1) is 12.1 Å². The number of allylic oxidation sites excluding steroid dienone is 3. The van der Waals surface area contributed by atoms with Gasteiger partial charge in [0.15, 0.2) is 0 Å². The Morgan fingerprint density at radius 2 is 1.54 bits per heavy atom. The Morgan fingerprint density at radius 3 is 2.17 bits per heavy atom. The second-order valence-corrected chi connectivity index (χ2v) is 18.5. The van der Waals surface area contributed by atoms with Crippen molar-refractivity contribution in [2.45, 2.75) is 158 Å². The molecule has 2 aromatic rings. The summed E-state index contributed by atoms with van der Waals surface area (Å²) < 4.78 is 0. The van der Waals surface area contributed by atoms with Crippen molar-refractivity contribution >= 4 is 17.4 Å². The highest BCUT2D eigenvalue weighted by molar-refractivity contribution is 5.88. The van der Waals surface area contributed by atoms with Gasteiger partial charge in [-0.15, -0.1) is 6.58 Å². The van der Waals surface area contributed by atoms with Crippen molar-refractivity contribution in [2.75, 3.05) is 19.6 Å². The summed E-state index contributed by atoms with van der Waals surface area (Å²) in [6, 6.07) is 18.7. The molecule has 0 bridgehead atoms. The zero-order chi connectivity index (χ0) is 43.4. The van der Waals surface area contributed by atoms with Crippen LogP contribution < -0.4 is 10.6 Å². The van der Waals surface area contributed by atoms with Crippen molar-refractivity contribution in [3.63, 3.8) is 0 Å². The monoisotopic (exact) mass is 810 g/mol. The van der Waals surface area contributed by atoms with E-state index < -0.39 is 5.97 Å². The summed E-state index contributed by atoms with van der Waals surface area (Å²) in [5.41, 5.74) is 4.92. The predicted octanol–water partition coefficient (Wildman–Crippen LogP) is 12.5. The van der Waals surface area contributed by atoms with Gasteiger partial charge in [-0.2, -0.15) is 0 Å². The van der Waals surface area contributed by atoms with Crippen LogP contribution in [0.25, 0.3) is 5.57 Å². The van der Waals surface area contributed by atoms with E-state index in [0.29, 0.717) is 47.2 Å². The lowest BCUT2D eigenvalue weighted by atomic mass is 9.38. The third kappa shape index (κ3) is 10.3. The summed E-state index contributed by atoms with van der Waals surface area (Å²) in [5, 5.41) is 16.7. The number of amides is 1. The molecule has 1 amide bonds. The average Bonchev–Trinajstić information content (AvgIpc) is 3.68. The average molecular weight is 810 g/mol. The summed E-state index contributed by atoms with van der Waals surface area (Å²) in [4.78, 5) is 27.7. The van der Waals surface area contributed by atoms with E-state index in [-0.39, 0.29) is 16.9 Å². The highest BCUT2D eigenvalue weighted by Crippen LogP contribution is 2.70. The van der Waals surface area contributed by atoms with Crippen LogP contribution in [0.15, 0.2) is 73.3 Å².